The van der Waals surface area contributed by atoms with E-state index in [4.69, 9.17) is 9.47 Å². The van der Waals surface area contributed by atoms with Gasteiger partial charge in [0.1, 0.15) is 12.4 Å². The van der Waals surface area contributed by atoms with Gasteiger partial charge in [-0.25, -0.2) is 0 Å². The first-order valence-corrected chi connectivity index (χ1v) is 7.42. The summed E-state index contributed by atoms with van der Waals surface area (Å²) in [5.41, 5.74) is 2.88. The van der Waals surface area contributed by atoms with Crippen molar-refractivity contribution in [2.75, 3.05) is 26.4 Å². The molecule has 0 aliphatic heterocycles. The summed E-state index contributed by atoms with van der Waals surface area (Å²) in [6.07, 6.45) is 3.54. The third-order valence-corrected chi connectivity index (χ3v) is 3.53. The lowest BCUT2D eigenvalue weighted by Gasteiger charge is -2.14. The van der Waals surface area contributed by atoms with E-state index in [-0.39, 0.29) is 0 Å². The molecule has 1 aromatic rings. The molecule has 1 aliphatic rings. The molecule has 1 atom stereocenters. The number of fused-ring (bicyclic) bond motifs is 1. The average Bonchev–Trinajstić information content (AvgIpc) is 2.84. The lowest BCUT2D eigenvalue weighted by Crippen LogP contribution is -2.19. The fourth-order valence-electron chi connectivity index (χ4n) is 2.58. The average molecular weight is 263 g/mol. The molecule has 19 heavy (non-hydrogen) atoms. The van der Waals surface area contributed by atoms with Gasteiger partial charge in [0.05, 0.1) is 6.61 Å². The van der Waals surface area contributed by atoms with Gasteiger partial charge in [0.15, 0.2) is 0 Å². The first kappa shape index (κ1) is 14.4. The van der Waals surface area contributed by atoms with Crippen LogP contribution in [-0.4, -0.2) is 26.4 Å². The van der Waals surface area contributed by atoms with Gasteiger partial charge in [0.25, 0.3) is 0 Å². The van der Waals surface area contributed by atoms with Gasteiger partial charge in [0, 0.05) is 12.6 Å². The molecular weight excluding hydrogens is 238 g/mol. The summed E-state index contributed by atoms with van der Waals surface area (Å²) in [5.74, 6) is 0.967. The highest BCUT2D eigenvalue weighted by Gasteiger charge is 2.21. The molecule has 106 valence electrons. The van der Waals surface area contributed by atoms with E-state index in [1.165, 1.54) is 24.0 Å². The van der Waals surface area contributed by atoms with Crippen LogP contribution in [0.25, 0.3) is 0 Å². The highest BCUT2D eigenvalue weighted by atomic mass is 16.5. The van der Waals surface area contributed by atoms with Crippen molar-refractivity contribution in [3.8, 4) is 5.75 Å². The van der Waals surface area contributed by atoms with E-state index < -0.39 is 0 Å². The van der Waals surface area contributed by atoms with Crippen LogP contribution in [0.1, 0.15) is 43.9 Å². The van der Waals surface area contributed by atoms with Crippen molar-refractivity contribution in [3.63, 3.8) is 0 Å². The Labute approximate surface area is 116 Å². The van der Waals surface area contributed by atoms with E-state index in [1.807, 2.05) is 6.92 Å². The van der Waals surface area contributed by atoms with Crippen LogP contribution in [0.2, 0.25) is 0 Å². The number of aryl methyl sites for hydroxylation is 1. The van der Waals surface area contributed by atoms with Gasteiger partial charge in [-0.05, 0) is 56.0 Å². The first-order chi connectivity index (χ1) is 9.35. The number of benzene rings is 1. The predicted molar refractivity (Wildman–Crippen MR) is 77.8 cm³/mol. The standard InChI is InChI=1S/C16H25NO2/c1-3-9-17-16-8-5-13-12-14(6-7-15(13)16)19-11-10-18-4-2/h6-7,12,16-17H,3-5,8-11H2,1-2H3. The molecule has 0 fully saturated rings. The minimum atomic E-state index is 0.535. The van der Waals surface area contributed by atoms with Crippen LogP contribution in [-0.2, 0) is 11.2 Å². The Bertz CT molecular complexity index is 392. The second kappa shape index (κ2) is 7.51. The number of nitrogens with one attached hydrogen (secondary N) is 1. The summed E-state index contributed by atoms with van der Waals surface area (Å²) >= 11 is 0. The van der Waals surface area contributed by atoms with E-state index in [2.05, 4.69) is 30.4 Å². The zero-order valence-corrected chi connectivity index (χ0v) is 12.1. The molecule has 3 nitrogen and oxygen atoms in total. The van der Waals surface area contributed by atoms with Gasteiger partial charge in [0.2, 0.25) is 0 Å². The summed E-state index contributed by atoms with van der Waals surface area (Å²) in [5, 5.41) is 3.61. The van der Waals surface area contributed by atoms with Crippen LogP contribution in [0.3, 0.4) is 0 Å². The molecule has 0 radical (unpaired) electrons. The van der Waals surface area contributed by atoms with E-state index in [0.717, 1.165) is 25.3 Å². The Balaban J connectivity index is 1.89. The molecule has 1 unspecified atom stereocenters. The summed E-state index contributed by atoms with van der Waals surface area (Å²) < 4.78 is 11.0. The molecule has 1 N–H and O–H groups in total. The van der Waals surface area contributed by atoms with Crippen LogP contribution in [0.15, 0.2) is 18.2 Å². The number of ether oxygens (including phenoxy) is 2. The van der Waals surface area contributed by atoms with Gasteiger partial charge in [-0.3, -0.25) is 0 Å². The second-order valence-electron chi connectivity index (χ2n) is 4.95. The molecule has 0 saturated carbocycles. The van der Waals surface area contributed by atoms with Crippen LogP contribution in [0.5, 0.6) is 5.75 Å². The zero-order chi connectivity index (χ0) is 13.5. The molecule has 0 aromatic heterocycles. The van der Waals surface area contributed by atoms with Crippen molar-refractivity contribution in [1.82, 2.24) is 5.32 Å². The van der Waals surface area contributed by atoms with Crippen LogP contribution in [0.4, 0.5) is 0 Å². The van der Waals surface area contributed by atoms with Crippen molar-refractivity contribution in [1.29, 1.82) is 0 Å². The van der Waals surface area contributed by atoms with Gasteiger partial charge in [-0.15, -0.1) is 0 Å². The van der Waals surface area contributed by atoms with Crippen LogP contribution < -0.4 is 10.1 Å². The summed E-state index contributed by atoms with van der Waals surface area (Å²) in [4.78, 5) is 0. The van der Waals surface area contributed by atoms with E-state index in [0.29, 0.717) is 19.3 Å². The number of hydrogen-bond acceptors (Lipinski definition) is 3. The molecule has 0 saturated heterocycles. The molecule has 1 aromatic carbocycles. The maximum absolute atomic E-state index is 5.70. The van der Waals surface area contributed by atoms with Gasteiger partial charge in [-0.2, -0.15) is 0 Å². The normalized spacial score (nSPS) is 17.5. The first-order valence-electron chi connectivity index (χ1n) is 7.42. The summed E-state index contributed by atoms with van der Waals surface area (Å²) in [7, 11) is 0. The molecule has 0 spiro atoms. The van der Waals surface area contributed by atoms with Crippen LogP contribution in [0, 0.1) is 0 Å². The van der Waals surface area contributed by atoms with Gasteiger partial charge < -0.3 is 14.8 Å². The van der Waals surface area contributed by atoms with Crippen molar-refractivity contribution in [2.24, 2.45) is 0 Å². The maximum atomic E-state index is 5.70. The highest BCUT2D eigenvalue weighted by molar-refractivity contribution is 5.40. The molecule has 0 bridgehead atoms. The Morgan fingerprint density at radius 1 is 1.26 bits per heavy atom. The number of rotatable bonds is 8. The maximum Gasteiger partial charge on any atom is 0.119 e. The Morgan fingerprint density at radius 3 is 2.95 bits per heavy atom. The largest absolute Gasteiger partial charge is 0.491 e. The van der Waals surface area contributed by atoms with Gasteiger partial charge in [-0.1, -0.05) is 13.0 Å². The fourth-order valence-corrected chi connectivity index (χ4v) is 2.58. The Kier molecular flexibility index (Phi) is 5.67. The van der Waals surface area contributed by atoms with Crippen molar-refractivity contribution in [3.05, 3.63) is 29.3 Å². The third-order valence-electron chi connectivity index (χ3n) is 3.53. The topological polar surface area (TPSA) is 30.5 Å². The number of hydrogen-bond donors (Lipinski definition) is 1. The summed E-state index contributed by atoms with van der Waals surface area (Å²) in [6, 6.07) is 7.02. The van der Waals surface area contributed by atoms with E-state index in [9.17, 15) is 0 Å². The minimum Gasteiger partial charge on any atom is -0.491 e. The van der Waals surface area contributed by atoms with E-state index in [1.54, 1.807) is 0 Å². The van der Waals surface area contributed by atoms with Gasteiger partial charge >= 0.3 is 0 Å². The SMILES string of the molecule is CCCNC1CCc2cc(OCCOCC)ccc21. The molecule has 0 heterocycles. The van der Waals surface area contributed by atoms with Crippen molar-refractivity contribution >= 4 is 0 Å². The van der Waals surface area contributed by atoms with Crippen LogP contribution >= 0.6 is 0 Å². The Hall–Kier alpha value is -1.06. The predicted octanol–water partition coefficient (Wildman–Crippen LogP) is 3.09. The smallest absolute Gasteiger partial charge is 0.119 e. The molecule has 0 amide bonds. The zero-order valence-electron chi connectivity index (χ0n) is 12.1. The summed E-state index contributed by atoms with van der Waals surface area (Å²) in [6.45, 7) is 7.34. The highest BCUT2D eigenvalue weighted by Crippen LogP contribution is 2.33. The lowest BCUT2D eigenvalue weighted by atomic mass is 10.1. The fraction of sp³-hybridized carbons (Fsp3) is 0.625. The monoisotopic (exact) mass is 263 g/mol. The molecule has 3 heteroatoms. The van der Waals surface area contributed by atoms with Crippen molar-refractivity contribution in [2.45, 2.75) is 39.2 Å². The quantitative estimate of drug-likeness (QED) is 0.731. The van der Waals surface area contributed by atoms with Crippen molar-refractivity contribution < 1.29 is 9.47 Å². The molecule has 1 aliphatic carbocycles. The second-order valence-corrected chi connectivity index (χ2v) is 4.95. The Morgan fingerprint density at radius 2 is 2.16 bits per heavy atom. The van der Waals surface area contributed by atoms with E-state index >= 15 is 0 Å². The minimum absolute atomic E-state index is 0.535. The molecule has 2 rings (SSSR count). The third kappa shape index (κ3) is 3.95. The lowest BCUT2D eigenvalue weighted by molar-refractivity contribution is 0.110. The molecular formula is C16H25NO2.